The van der Waals surface area contributed by atoms with Crippen molar-refractivity contribution in [2.45, 2.75) is 32.7 Å². The van der Waals surface area contributed by atoms with Gasteiger partial charge in [0.05, 0.1) is 6.04 Å². The Morgan fingerprint density at radius 3 is 2.95 bits per heavy atom. The number of carbonyl (C=O) groups is 1. The van der Waals surface area contributed by atoms with Gasteiger partial charge < -0.3 is 4.90 Å². The van der Waals surface area contributed by atoms with Gasteiger partial charge >= 0.3 is 0 Å². The summed E-state index contributed by atoms with van der Waals surface area (Å²) in [6, 6.07) is 1.91. The number of H-pyrrole nitrogens is 1. The molecule has 7 heteroatoms. The molecule has 7 nitrogen and oxygen atoms in total. The molecule has 1 atom stereocenters. The molecule has 106 valence electrons. The van der Waals surface area contributed by atoms with Gasteiger partial charge in [-0.3, -0.25) is 9.89 Å². The van der Waals surface area contributed by atoms with Crippen LogP contribution in [0.2, 0.25) is 0 Å². The minimum absolute atomic E-state index is 0.00157. The van der Waals surface area contributed by atoms with Crippen molar-refractivity contribution in [3.63, 3.8) is 0 Å². The van der Waals surface area contributed by atoms with Crippen molar-refractivity contribution in [3.8, 4) is 0 Å². The molecule has 0 spiro atoms. The molecular formula is C13H18N6O. The fourth-order valence-corrected chi connectivity index (χ4v) is 2.77. The molecule has 2 aromatic heterocycles. The molecule has 3 rings (SSSR count). The van der Waals surface area contributed by atoms with Gasteiger partial charge in [-0.05, 0) is 32.8 Å². The Kier molecular flexibility index (Phi) is 3.25. The molecule has 0 radical (unpaired) electrons. The molecule has 1 N–H and O–H groups in total. The fraction of sp³-hybridized carbons (Fsp3) is 0.538. The standard InChI is InChI=1S/C13H18N6O/c1-9-15-10(2)19(17-9)11-4-3-7-18(8-11)13(20)12-5-6-14-16-12/h5-6,11H,3-4,7-8H2,1-2H3,(H,14,16). The Morgan fingerprint density at radius 1 is 1.45 bits per heavy atom. The summed E-state index contributed by atoms with van der Waals surface area (Å²) >= 11 is 0. The van der Waals surface area contributed by atoms with Crippen LogP contribution >= 0.6 is 0 Å². The monoisotopic (exact) mass is 274 g/mol. The largest absolute Gasteiger partial charge is 0.335 e. The summed E-state index contributed by atoms with van der Waals surface area (Å²) in [4.78, 5) is 18.5. The summed E-state index contributed by atoms with van der Waals surface area (Å²) in [6.07, 6.45) is 3.60. The van der Waals surface area contributed by atoms with E-state index in [9.17, 15) is 4.79 Å². The highest BCUT2D eigenvalue weighted by Gasteiger charge is 2.27. The third-order valence-electron chi connectivity index (χ3n) is 3.67. The zero-order chi connectivity index (χ0) is 14.1. The van der Waals surface area contributed by atoms with E-state index in [1.807, 2.05) is 23.4 Å². The molecular weight excluding hydrogens is 256 g/mol. The van der Waals surface area contributed by atoms with Crippen LogP contribution in [0.25, 0.3) is 0 Å². The van der Waals surface area contributed by atoms with Gasteiger partial charge in [0.25, 0.3) is 5.91 Å². The number of amides is 1. The van der Waals surface area contributed by atoms with E-state index in [0.29, 0.717) is 12.2 Å². The highest BCUT2D eigenvalue weighted by atomic mass is 16.2. The number of nitrogens with one attached hydrogen (secondary N) is 1. The quantitative estimate of drug-likeness (QED) is 0.889. The second kappa shape index (κ2) is 5.07. The number of aryl methyl sites for hydroxylation is 2. The fourth-order valence-electron chi connectivity index (χ4n) is 2.77. The van der Waals surface area contributed by atoms with Crippen LogP contribution in [0.3, 0.4) is 0 Å². The number of carbonyl (C=O) groups excluding carboxylic acids is 1. The molecule has 1 saturated heterocycles. The predicted octanol–water partition coefficient (Wildman–Crippen LogP) is 1.10. The van der Waals surface area contributed by atoms with Crippen LogP contribution in [-0.4, -0.2) is 48.9 Å². The highest BCUT2D eigenvalue weighted by molar-refractivity contribution is 5.92. The lowest BCUT2D eigenvalue weighted by molar-refractivity contribution is 0.0665. The summed E-state index contributed by atoms with van der Waals surface area (Å²) in [6.45, 7) is 5.29. The molecule has 1 aliphatic rings. The van der Waals surface area contributed by atoms with Crippen LogP contribution in [0.5, 0.6) is 0 Å². The second-order valence-electron chi connectivity index (χ2n) is 5.17. The first kappa shape index (κ1) is 12.8. The Hall–Kier alpha value is -2.18. The number of piperidine rings is 1. The Balaban J connectivity index is 1.77. The Bertz CT molecular complexity index is 602. The molecule has 0 aliphatic carbocycles. The summed E-state index contributed by atoms with van der Waals surface area (Å²) in [5.41, 5.74) is 0.539. The van der Waals surface area contributed by atoms with Crippen LogP contribution in [0, 0.1) is 13.8 Å². The molecule has 2 aromatic rings. The van der Waals surface area contributed by atoms with Crippen LogP contribution in [0.15, 0.2) is 12.3 Å². The van der Waals surface area contributed by atoms with Gasteiger partial charge in [-0.25, -0.2) is 9.67 Å². The number of likely N-dealkylation sites (tertiary alicyclic amines) is 1. The highest BCUT2D eigenvalue weighted by Crippen LogP contribution is 2.23. The summed E-state index contributed by atoms with van der Waals surface area (Å²) < 4.78 is 1.95. The first-order valence-corrected chi connectivity index (χ1v) is 6.83. The number of rotatable bonds is 2. The van der Waals surface area contributed by atoms with E-state index in [1.54, 1.807) is 12.3 Å². The first-order chi connectivity index (χ1) is 9.65. The van der Waals surface area contributed by atoms with Crippen molar-refractivity contribution in [1.29, 1.82) is 0 Å². The normalized spacial score (nSPS) is 19.3. The molecule has 3 heterocycles. The van der Waals surface area contributed by atoms with Crippen LogP contribution in [0.1, 0.15) is 41.0 Å². The van der Waals surface area contributed by atoms with Crippen molar-refractivity contribution >= 4 is 5.91 Å². The number of nitrogens with zero attached hydrogens (tertiary/aromatic N) is 5. The molecule has 1 aliphatic heterocycles. The van der Waals surface area contributed by atoms with Crippen molar-refractivity contribution in [1.82, 2.24) is 29.9 Å². The molecule has 1 unspecified atom stereocenters. The zero-order valence-electron chi connectivity index (χ0n) is 11.7. The van der Waals surface area contributed by atoms with Crippen molar-refractivity contribution in [2.24, 2.45) is 0 Å². The maximum atomic E-state index is 12.3. The molecule has 1 amide bonds. The van der Waals surface area contributed by atoms with Gasteiger partial charge in [0, 0.05) is 19.3 Å². The molecule has 1 fully saturated rings. The van der Waals surface area contributed by atoms with Crippen molar-refractivity contribution in [2.75, 3.05) is 13.1 Å². The minimum Gasteiger partial charge on any atom is -0.335 e. The van der Waals surface area contributed by atoms with Gasteiger partial charge in [0.15, 0.2) is 0 Å². The predicted molar refractivity (Wildman–Crippen MR) is 72.3 cm³/mol. The van der Waals surface area contributed by atoms with Gasteiger partial charge in [0.2, 0.25) is 0 Å². The lowest BCUT2D eigenvalue weighted by Crippen LogP contribution is -2.41. The molecule has 0 bridgehead atoms. The summed E-state index contributed by atoms with van der Waals surface area (Å²) in [7, 11) is 0. The van der Waals surface area contributed by atoms with E-state index in [-0.39, 0.29) is 11.9 Å². The molecule has 0 aromatic carbocycles. The van der Waals surface area contributed by atoms with Gasteiger partial charge in [-0.1, -0.05) is 0 Å². The smallest absolute Gasteiger partial charge is 0.271 e. The number of aromatic amines is 1. The lowest BCUT2D eigenvalue weighted by Gasteiger charge is -2.32. The SMILES string of the molecule is Cc1nc(C)n(C2CCCN(C(=O)c3ccn[nH]3)C2)n1. The van der Waals surface area contributed by atoms with E-state index >= 15 is 0 Å². The first-order valence-electron chi connectivity index (χ1n) is 6.83. The topological polar surface area (TPSA) is 79.7 Å². The second-order valence-corrected chi connectivity index (χ2v) is 5.17. The third kappa shape index (κ3) is 2.31. The third-order valence-corrected chi connectivity index (χ3v) is 3.67. The van der Waals surface area contributed by atoms with E-state index in [2.05, 4.69) is 20.3 Å². The van der Waals surface area contributed by atoms with Crippen LogP contribution in [-0.2, 0) is 0 Å². The van der Waals surface area contributed by atoms with Gasteiger partial charge in [-0.15, -0.1) is 0 Å². The number of hydrogen-bond acceptors (Lipinski definition) is 4. The average Bonchev–Trinajstić information content (AvgIpc) is 3.08. The molecule has 0 saturated carbocycles. The summed E-state index contributed by atoms with van der Waals surface area (Å²) in [5, 5.41) is 11.0. The average molecular weight is 274 g/mol. The maximum Gasteiger partial charge on any atom is 0.271 e. The lowest BCUT2D eigenvalue weighted by atomic mass is 10.1. The van der Waals surface area contributed by atoms with E-state index in [0.717, 1.165) is 31.0 Å². The van der Waals surface area contributed by atoms with Crippen molar-refractivity contribution < 1.29 is 4.79 Å². The Morgan fingerprint density at radius 2 is 2.30 bits per heavy atom. The van der Waals surface area contributed by atoms with Gasteiger partial charge in [-0.2, -0.15) is 10.2 Å². The van der Waals surface area contributed by atoms with Crippen LogP contribution in [0.4, 0.5) is 0 Å². The minimum atomic E-state index is 0.00157. The zero-order valence-corrected chi connectivity index (χ0v) is 11.7. The molecule has 20 heavy (non-hydrogen) atoms. The number of aromatic nitrogens is 5. The Labute approximate surface area is 117 Å². The summed E-state index contributed by atoms with van der Waals surface area (Å²) in [5.74, 6) is 1.68. The maximum absolute atomic E-state index is 12.3. The van der Waals surface area contributed by atoms with Crippen LogP contribution < -0.4 is 0 Å². The van der Waals surface area contributed by atoms with E-state index in [1.165, 1.54) is 0 Å². The van der Waals surface area contributed by atoms with Crippen molar-refractivity contribution in [3.05, 3.63) is 29.6 Å². The number of hydrogen-bond donors (Lipinski definition) is 1. The van der Waals surface area contributed by atoms with Gasteiger partial charge in [0.1, 0.15) is 17.3 Å². The van der Waals surface area contributed by atoms with E-state index in [4.69, 9.17) is 0 Å². The van der Waals surface area contributed by atoms with E-state index < -0.39 is 0 Å².